The Morgan fingerprint density at radius 3 is 2.64 bits per heavy atom. The van der Waals surface area contributed by atoms with Gasteiger partial charge < -0.3 is 10.4 Å². The van der Waals surface area contributed by atoms with Crippen molar-refractivity contribution in [1.29, 1.82) is 0 Å². The van der Waals surface area contributed by atoms with E-state index in [9.17, 15) is 9.59 Å². The quantitative estimate of drug-likeness (QED) is 0.763. The predicted molar refractivity (Wildman–Crippen MR) is 49.6 cm³/mol. The van der Waals surface area contributed by atoms with Crippen molar-refractivity contribution in [2.45, 2.75) is 0 Å². The molecule has 1 amide bonds. The van der Waals surface area contributed by atoms with Crippen LogP contribution >= 0.6 is 11.6 Å². The standard InChI is InChI=1S/C8H7ClN2O3/c1-10-7(12)6-4(9)2-3-5(11-6)8(13)14/h2-3H,1H3,(H,10,12)(H,13,14). The van der Waals surface area contributed by atoms with Gasteiger partial charge >= 0.3 is 5.97 Å². The van der Waals surface area contributed by atoms with Crippen LogP contribution in [-0.4, -0.2) is 29.0 Å². The van der Waals surface area contributed by atoms with Crippen LogP contribution in [0.25, 0.3) is 0 Å². The fourth-order valence-electron chi connectivity index (χ4n) is 0.839. The molecule has 0 spiro atoms. The maximum Gasteiger partial charge on any atom is 0.354 e. The number of hydrogen-bond acceptors (Lipinski definition) is 3. The Kier molecular flexibility index (Phi) is 3.03. The fraction of sp³-hybridized carbons (Fsp3) is 0.125. The first-order valence-corrected chi connectivity index (χ1v) is 4.06. The third kappa shape index (κ3) is 2.00. The Balaban J connectivity index is 3.21. The molecule has 0 bridgehead atoms. The van der Waals surface area contributed by atoms with Gasteiger partial charge in [0.2, 0.25) is 0 Å². The van der Waals surface area contributed by atoms with Gasteiger partial charge in [0.25, 0.3) is 5.91 Å². The van der Waals surface area contributed by atoms with E-state index in [2.05, 4.69) is 10.3 Å². The van der Waals surface area contributed by atoms with Gasteiger partial charge in [0.05, 0.1) is 5.02 Å². The lowest BCUT2D eigenvalue weighted by molar-refractivity contribution is 0.0690. The molecule has 0 radical (unpaired) electrons. The molecular formula is C8H7ClN2O3. The Labute approximate surface area is 84.7 Å². The van der Waals surface area contributed by atoms with Crippen molar-refractivity contribution >= 4 is 23.5 Å². The maximum atomic E-state index is 11.2. The molecular weight excluding hydrogens is 208 g/mol. The summed E-state index contributed by atoms with van der Waals surface area (Å²) in [6.45, 7) is 0. The highest BCUT2D eigenvalue weighted by molar-refractivity contribution is 6.33. The lowest BCUT2D eigenvalue weighted by Crippen LogP contribution is -2.20. The van der Waals surface area contributed by atoms with Gasteiger partial charge in [-0.15, -0.1) is 0 Å². The van der Waals surface area contributed by atoms with Crippen LogP contribution in [-0.2, 0) is 0 Å². The third-order valence-corrected chi connectivity index (χ3v) is 1.81. The number of rotatable bonds is 2. The average Bonchev–Trinajstić information content (AvgIpc) is 2.17. The molecule has 0 atom stereocenters. The van der Waals surface area contributed by atoms with Gasteiger partial charge in [-0.25, -0.2) is 9.78 Å². The van der Waals surface area contributed by atoms with Gasteiger partial charge in [-0.1, -0.05) is 11.6 Å². The second kappa shape index (κ2) is 4.06. The van der Waals surface area contributed by atoms with Crippen molar-refractivity contribution in [2.24, 2.45) is 0 Å². The number of amides is 1. The molecule has 6 heteroatoms. The minimum atomic E-state index is -1.20. The van der Waals surface area contributed by atoms with E-state index in [1.807, 2.05) is 0 Å². The number of aromatic carboxylic acids is 1. The number of carboxylic acid groups (broad SMARTS) is 1. The number of carbonyl (C=O) groups is 2. The first-order valence-electron chi connectivity index (χ1n) is 3.68. The Bertz CT molecular complexity index is 392. The average molecular weight is 215 g/mol. The predicted octanol–water partition coefficient (Wildman–Crippen LogP) is 0.793. The molecule has 1 rings (SSSR count). The largest absolute Gasteiger partial charge is 0.477 e. The summed E-state index contributed by atoms with van der Waals surface area (Å²) in [7, 11) is 1.41. The molecule has 0 aliphatic heterocycles. The third-order valence-electron chi connectivity index (χ3n) is 1.51. The van der Waals surface area contributed by atoms with E-state index in [1.54, 1.807) is 0 Å². The van der Waals surface area contributed by atoms with Gasteiger partial charge in [0, 0.05) is 7.05 Å². The summed E-state index contributed by atoms with van der Waals surface area (Å²) in [5.41, 5.74) is -0.304. The van der Waals surface area contributed by atoms with Crippen LogP contribution in [0.2, 0.25) is 5.02 Å². The molecule has 0 unspecified atom stereocenters. The SMILES string of the molecule is CNC(=O)c1nc(C(=O)O)ccc1Cl. The Morgan fingerprint density at radius 1 is 1.50 bits per heavy atom. The smallest absolute Gasteiger partial charge is 0.354 e. The summed E-state index contributed by atoms with van der Waals surface area (Å²) in [5.74, 6) is -1.72. The molecule has 2 N–H and O–H groups in total. The van der Waals surface area contributed by atoms with Crippen LogP contribution in [0, 0.1) is 0 Å². The second-order valence-electron chi connectivity index (χ2n) is 2.41. The van der Waals surface area contributed by atoms with Crippen LogP contribution in [0.3, 0.4) is 0 Å². The van der Waals surface area contributed by atoms with E-state index in [0.717, 1.165) is 0 Å². The van der Waals surface area contributed by atoms with Crippen molar-refractivity contribution in [1.82, 2.24) is 10.3 Å². The van der Waals surface area contributed by atoms with Crippen LogP contribution in [0.4, 0.5) is 0 Å². The molecule has 1 aromatic rings. The van der Waals surface area contributed by atoms with Crippen LogP contribution in [0.15, 0.2) is 12.1 Å². The van der Waals surface area contributed by atoms with Gasteiger partial charge in [0.15, 0.2) is 0 Å². The maximum absolute atomic E-state index is 11.2. The van der Waals surface area contributed by atoms with E-state index in [4.69, 9.17) is 16.7 Å². The minimum Gasteiger partial charge on any atom is -0.477 e. The van der Waals surface area contributed by atoms with Crippen LogP contribution in [0.5, 0.6) is 0 Å². The summed E-state index contributed by atoms with van der Waals surface area (Å²) in [5, 5.41) is 11.0. The molecule has 0 fully saturated rings. The monoisotopic (exact) mass is 214 g/mol. The lowest BCUT2D eigenvalue weighted by Gasteiger charge is -2.02. The van der Waals surface area contributed by atoms with E-state index in [-0.39, 0.29) is 16.4 Å². The second-order valence-corrected chi connectivity index (χ2v) is 2.82. The van der Waals surface area contributed by atoms with Gasteiger partial charge in [-0.3, -0.25) is 4.79 Å². The van der Waals surface area contributed by atoms with Gasteiger partial charge in [-0.05, 0) is 12.1 Å². The topological polar surface area (TPSA) is 79.3 Å². The summed E-state index contributed by atoms with van der Waals surface area (Å²) in [6, 6.07) is 2.56. The highest BCUT2D eigenvalue weighted by Gasteiger charge is 2.14. The molecule has 0 aromatic carbocycles. The number of carboxylic acids is 1. The summed E-state index contributed by atoms with van der Waals surface area (Å²) < 4.78 is 0. The van der Waals surface area contributed by atoms with Crippen LogP contribution in [0.1, 0.15) is 21.0 Å². The molecule has 0 saturated carbocycles. The van der Waals surface area contributed by atoms with Crippen molar-refractivity contribution < 1.29 is 14.7 Å². The minimum absolute atomic E-state index is 0.0888. The normalized spacial score (nSPS) is 9.57. The fourth-order valence-corrected chi connectivity index (χ4v) is 1.03. The van der Waals surface area contributed by atoms with Gasteiger partial charge in [0.1, 0.15) is 11.4 Å². The number of nitrogens with one attached hydrogen (secondary N) is 1. The number of nitrogens with zero attached hydrogens (tertiary/aromatic N) is 1. The highest BCUT2D eigenvalue weighted by atomic mass is 35.5. The van der Waals surface area contributed by atoms with E-state index < -0.39 is 11.9 Å². The first-order chi connectivity index (χ1) is 6.56. The zero-order chi connectivity index (χ0) is 10.7. The van der Waals surface area contributed by atoms with E-state index >= 15 is 0 Å². The molecule has 14 heavy (non-hydrogen) atoms. The molecule has 74 valence electrons. The summed E-state index contributed by atoms with van der Waals surface area (Å²) in [4.78, 5) is 25.3. The number of aromatic nitrogens is 1. The summed E-state index contributed by atoms with van der Waals surface area (Å²) >= 11 is 5.66. The van der Waals surface area contributed by atoms with E-state index in [0.29, 0.717) is 0 Å². The first kappa shape index (κ1) is 10.5. The molecule has 0 aliphatic rings. The summed E-state index contributed by atoms with van der Waals surface area (Å²) in [6.07, 6.45) is 0. The molecule has 5 nitrogen and oxygen atoms in total. The molecule has 1 aromatic heterocycles. The zero-order valence-corrected chi connectivity index (χ0v) is 8.00. The lowest BCUT2D eigenvalue weighted by atomic mass is 10.3. The highest BCUT2D eigenvalue weighted by Crippen LogP contribution is 2.13. The number of carbonyl (C=O) groups excluding carboxylic acids is 1. The molecule has 0 saturated heterocycles. The molecule has 0 aliphatic carbocycles. The van der Waals surface area contributed by atoms with E-state index in [1.165, 1.54) is 19.2 Å². The molecule has 1 heterocycles. The van der Waals surface area contributed by atoms with Crippen molar-refractivity contribution in [3.8, 4) is 0 Å². The number of halogens is 1. The number of pyridine rings is 1. The van der Waals surface area contributed by atoms with Crippen LogP contribution < -0.4 is 5.32 Å². The van der Waals surface area contributed by atoms with Crippen molar-refractivity contribution in [3.63, 3.8) is 0 Å². The Hall–Kier alpha value is -1.62. The number of hydrogen-bond donors (Lipinski definition) is 2. The Morgan fingerprint density at radius 2 is 2.14 bits per heavy atom. The van der Waals surface area contributed by atoms with Crippen molar-refractivity contribution in [2.75, 3.05) is 7.05 Å². The zero-order valence-electron chi connectivity index (χ0n) is 7.24. The van der Waals surface area contributed by atoms with Crippen molar-refractivity contribution in [3.05, 3.63) is 28.5 Å². The van der Waals surface area contributed by atoms with Gasteiger partial charge in [-0.2, -0.15) is 0 Å².